The summed E-state index contributed by atoms with van der Waals surface area (Å²) in [7, 11) is -3.63. The molecule has 1 aromatic rings. The number of hydrogen-bond acceptors (Lipinski definition) is 8. The van der Waals surface area contributed by atoms with Gasteiger partial charge in [0.1, 0.15) is 6.61 Å². The van der Waals surface area contributed by atoms with Crippen molar-refractivity contribution < 1.29 is 23.0 Å². The van der Waals surface area contributed by atoms with Crippen LogP contribution in [-0.2, 0) is 10.0 Å². The largest absolute Gasteiger partial charge is 0.473 e. The molecule has 0 aromatic carbocycles. The standard InChI is InChI=1S/C5H9N5O5S/c6-4(8-11)3-5(10-15-9-3)14-1-2-16(7,12)13/h11H,1-2H2,(H2,6,8)(H2,7,12,13). The molecule has 0 fully saturated rings. The van der Waals surface area contributed by atoms with Crippen molar-refractivity contribution in [2.75, 3.05) is 12.4 Å². The van der Waals surface area contributed by atoms with Crippen LogP contribution in [0.1, 0.15) is 5.69 Å². The Bertz CT molecular complexity index is 479. The Balaban J connectivity index is 2.65. The molecule has 0 atom stereocenters. The van der Waals surface area contributed by atoms with E-state index in [1.165, 1.54) is 0 Å². The Labute approximate surface area is 89.9 Å². The van der Waals surface area contributed by atoms with E-state index in [0.29, 0.717) is 0 Å². The number of amidine groups is 1. The van der Waals surface area contributed by atoms with Gasteiger partial charge in [-0.05, 0) is 10.3 Å². The summed E-state index contributed by atoms with van der Waals surface area (Å²) in [5.74, 6) is -0.957. The van der Waals surface area contributed by atoms with E-state index in [-0.39, 0.29) is 24.0 Å². The van der Waals surface area contributed by atoms with Crippen LogP contribution in [0, 0.1) is 0 Å². The zero-order valence-electron chi connectivity index (χ0n) is 7.90. The number of sulfonamides is 1. The fourth-order valence-corrected chi connectivity index (χ4v) is 1.05. The van der Waals surface area contributed by atoms with E-state index in [4.69, 9.17) is 20.8 Å². The maximum Gasteiger partial charge on any atom is 0.287 e. The van der Waals surface area contributed by atoms with Crippen LogP contribution in [0.5, 0.6) is 5.88 Å². The van der Waals surface area contributed by atoms with Crippen LogP contribution < -0.4 is 15.6 Å². The molecule has 10 nitrogen and oxygen atoms in total. The van der Waals surface area contributed by atoms with E-state index in [2.05, 4.69) is 20.1 Å². The summed E-state index contributed by atoms with van der Waals surface area (Å²) in [5.41, 5.74) is 5.08. The van der Waals surface area contributed by atoms with Crippen LogP contribution >= 0.6 is 0 Å². The van der Waals surface area contributed by atoms with Gasteiger partial charge in [-0.15, -0.1) is 0 Å². The number of nitrogens with zero attached hydrogens (tertiary/aromatic N) is 3. The topological polar surface area (TPSA) is 167 Å². The molecule has 1 heterocycles. The Kier molecular flexibility index (Phi) is 3.63. The summed E-state index contributed by atoms with van der Waals surface area (Å²) in [5, 5.41) is 22.4. The molecule has 1 rings (SSSR count). The molecule has 0 saturated carbocycles. The predicted molar refractivity (Wildman–Crippen MR) is 50.3 cm³/mol. The summed E-state index contributed by atoms with van der Waals surface area (Å²) in [6, 6.07) is 0. The van der Waals surface area contributed by atoms with Crippen LogP contribution in [0.2, 0.25) is 0 Å². The highest BCUT2D eigenvalue weighted by molar-refractivity contribution is 7.89. The molecule has 0 amide bonds. The van der Waals surface area contributed by atoms with E-state index >= 15 is 0 Å². The zero-order chi connectivity index (χ0) is 12.2. The van der Waals surface area contributed by atoms with Crippen molar-refractivity contribution >= 4 is 15.9 Å². The summed E-state index contributed by atoms with van der Waals surface area (Å²) < 4.78 is 30.3. The highest BCUT2D eigenvalue weighted by Gasteiger charge is 2.16. The minimum Gasteiger partial charge on any atom is -0.473 e. The Morgan fingerprint density at radius 1 is 1.56 bits per heavy atom. The maximum absolute atomic E-state index is 10.6. The lowest BCUT2D eigenvalue weighted by Gasteiger charge is -2.01. The van der Waals surface area contributed by atoms with E-state index < -0.39 is 15.8 Å². The molecule has 0 unspecified atom stereocenters. The predicted octanol–water partition coefficient (Wildman–Crippen LogP) is -2.17. The molecular weight excluding hydrogens is 242 g/mol. The van der Waals surface area contributed by atoms with Gasteiger partial charge in [0.15, 0.2) is 5.84 Å². The van der Waals surface area contributed by atoms with Gasteiger partial charge in [0.2, 0.25) is 15.7 Å². The highest BCUT2D eigenvalue weighted by atomic mass is 32.2. The number of aromatic nitrogens is 2. The van der Waals surface area contributed by atoms with Gasteiger partial charge in [-0.2, -0.15) is 0 Å². The van der Waals surface area contributed by atoms with E-state index in [0.717, 1.165) is 0 Å². The Morgan fingerprint density at radius 3 is 2.81 bits per heavy atom. The molecule has 1 aromatic heterocycles. The first-order chi connectivity index (χ1) is 7.44. The quantitative estimate of drug-likeness (QED) is 0.230. The number of hydrogen-bond donors (Lipinski definition) is 3. The van der Waals surface area contributed by atoms with Crippen molar-refractivity contribution in [3.05, 3.63) is 5.69 Å². The highest BCUT2D eigenvalue weighted by Crippen LogP contribution is 2.11. The third kappa shape index (κ3) is 3.36. The second-order valence-corrected chi connectivity index (χ2v) is 4.35. The second kappa shape index (κ2) is 4.76. The Hall–Kier alpha value is -1.88. The SMILES string of the molecule is N/C(=N\O)c1nonc1OCCS(N)(=O)=O. The average Bonchev–Trinajstić information content (AvgIpc) is 2.63. The lowest BCUT2D eigenvalue weighted by Crippen LogP contribution is -2.22. The van der Waals surface area contributed by atoms with Gasteiger partial charge in [-0.3, -0.25) is 0 Å². The lowest BCUT2D eigenvalue weighted by molar-refractivity contribution is 0.264. The summed E-state index contributed by atoms with van der Waals surface area (Å²) in [6.07, 6.45) is 0. The summed E-state index contributed by atoms with van der Waals surface area (Å²) in [6.45, 7) is -0.251. The van der Waals surface area contributed by atoms with Crippen molar-refractivity contribution in [3.8, 4) is 5.88 Å². The van der Waals surface area contributed by atoms with Crippen LogP contribution in [0.25, 0.3) is 0 Å². The van der Waals surface area contributed by atoms with Gasteiger partial charge in [0, 0.05) is 0 Å². The normalized spacial score (nSPS) is 12.7. The minimum absolute atomic E-state index is 0.128. The third-order valence-corrected chi connectivity index (χ3v) is 2.15. The molecule has 0 aliphatic heterocycles. The average molecular weight is 251 g/mol. The minimum atomic E-state index is -3.63. The van der Waals surface area contributed by atoms with Gasteiger partial charge in [0.05, 0.1) is 5.75 Å². The van der Waals surface area contributed by atoms with Crippen molar-refractivity contribution in [1.82, 2.24) is 10.3 Å². The van der Waals surface area contributed by atoms with Crippen molar-refractivity contribution in [1.29, 1.82) is 0 Å². The van der Waals surface area contributed by atoms with E-state index in [1.54, 1.807) is 0 Å². The monoisotopic (exact) mass is 251 g/mol. The van der Waals surface area contributed by atoms with Crippen molar-refractivity contribution in [3.63, 3.8) is 0 Å². The number of oxime groups is 1. The molecule has 0 saturated heterocycles. The first-order valence-corrected chi connectivity index (χ1v) is 5.59. The van der Waals surface area contributed by atoms with Crippen LogP contribution in [0.15, 0.2) is 9.78 Å². The van der Waals surface area contributed by atoms with Gasteiger partial charge in [-0.1, -0.05) is 5.16 Å². The molecule has 0 bridgehead atoms. The molecule has 0 radical (unpaired) electrons. The first-order valence-electron chi connectivity index (χ1n) is 3.88. The molecular formula is C5H9N5O5S. The molecule has 11 heteroatoms. The van der Waals surface area contributed by atoms with Crippen molar-refractivity contribution in [2.24, 2.45) is 16.0 Å². The van der Waals surface area contributed by atoms with Crippen molar-refractivity contribution in [2.45, 2.75) is 0 Å². The maximum atomic E-state index is 10.6. The second-order valence-electron chi connectivity index (χ2n) is 2.62. The lowest BCUT2D eigenvalue weighted by atomic mass is 10.4. The van der Waals surface area contributed by atoms with Crippen LogP contribution in [-0.4, -0.2) is 42.1 Å². The summed E-state index contributed by atoms with van der Waals surface area (Å²) >= 11 is 0. The van der Waals surface area contributed by atoms with Gasteiger partial charge in [0.25, 0.3) is 5.88 Å². The molecule has 0 aliphatic rings. The fourth-order valence-electron chi connectivity index (χ4n) is 0.733. The zero-order valence-corrected chi connectivity index (χ0v) is 8.72. The number of ether oxygens (including phenoxy) is 1. The van der Waals surface area contributed by atoms with Gasteiger partial charge < -0.3 is 15.7 Å². The summed E-state index contributed by atoms with van der Waals surface area (Å²) in [4.78, 5) is 0. The number of primary sulfonamides is 1. The number of rotatable bonds is 5. The fraction of sp³-hybridized carbons (Fsp3) is 0.400. The molecule has 5 N–H and O–H groups in total. The van der Waals surface area contributed by atoms with E-state index in [1.807, 2.05) is 0 Å². The van der Waals surface area contributed by atoms with Crippen LogP contribution in [0.3, 0.4) is 0 Å². The molecule has 0 spiro atoms. The third-order valence-electron chi connectivity index (χ3n) is 1.42. The van der Waals surface area contributed by atoms with E-state index in [9.17, 15) is 8.42 Å². The Morgan fingerprint density at radius 2 is 2.25 bits per heavy atom. The van der Waals surface area contributed by atoms with Crippen LogP contribution in [0.4, 0.5) is 0 Å². The molecule has 0 aliphatic carbocycles. The van der Waals surface area contributed by atoms with Gasteiger partial charge in [-0.25, -0.2) is 18.2 Å². The first kappa shape index (κ1) is 12.2. The smallest absolute Gasteiger partial charge is 0.287 e. The molecule has 16 heavy (non-hydrogen) atoms. The molecule has 90 valence electrons. The number of nitrogens with two attached hydrogens (primary N) is 2. The van der Waals surface area contributed by atoms with Gasteiger partial charge >= 0.3 is 0 Å².